The Morgan fingerprint density at radius 1 is 1.12 bits per heavy atom. The summed E-state index contributed by atoms with van der Waals surface area (Å²) in [6, 6.07) is 5.70. The van der Waals surface area contributed by atoms with Gasteiger partial charge < -0.3 is 25.0 Å². The second-order valence-electron chi connectivity index (χ2n) is 7.96. The molecule has 2 heterocycles. The minimum absolute atomic E-state index is 0. The molecule has 0 aliphatic carbocycles. The number of carbonyl (C=O) groups is 1. The lowest BCUT2D eigenvalue weighted by molar-refractivity contribution is -0.131. The number of aliphatic imine (C=N–C) groups is 1. The SMILES string of the molecule is CCNC(=NCC(O)COc1ccc(F)cc1)N1CCN(CC(=O)N2CCCC2)CC1.I. The molecule has 1 aromatic carbocycles. The number of hydrogen-bond acceptors (Lipinski definition) is 5. The minimum atomic E-state index is -0.766. The topological polar surface area (TPSA) is 80.6 Å². The molecule has 0 spiro atoms. The number of aliphatic hydroxyl groups is 1. The predicted molar refractivity (Wildman–Crippen MR) is 133 cm³/mol. The van der Waals surface area contributed by atoms with Crippen LogP contribution in [0.5, 0.6) is 5.75 Å². The largest absolute Gasteiger partial charge is 0.491 e. The summed E-state index contributed by atoms with van der Waals surface area (Å²) in [7, 11) is 0. The number of hydrogen-bond donors (Lipinski definition) is 2. The summed E-state index contributed by atoms with van der Waals surface area (Å²) in [4.78, 5) is 23.3. The van der Waals surface area contributed by atoms with Crippen LogP contribution in [0.4, 0.5) is 4.39 Å². The highest BCUT2D eigenvalue weighted by Gasteiger charge is 2.24. The van der Waals surface area contributed by atoms with Gasteiger partial charge in [-0.25, -0.2) is 4.39 Å². The third-order valence-corrected chi connectivity index (χ3v) is 5.53. The number of guanidine groups is 1. The molecule has 2 aliphatic rings. The van der Waals surface area contributed by atoms with E-state index in [1.807, 2.05) is 11.8 Å². The van der Waals surface area contributed by atoms with Gasteiger partial charge in [-0.1, -0.05) is 0 Å². The number of halogens is 2. The number of nitrogens with one attached hydrogen (secondary N) is 1. The first-order chi connectivity index (χ1) is 15.0. The Morgan fingerprint density at radius 2 is 1.78 bits per heavy atom. The van der Waals surface area contributed by atoms with Gasteiger partial charge in [0.25, 0.3) is 0 Å². The quantitative estimate of drug-likeness (QED) is 0.283. The van der Waals surface area contributed by atoms with Gasteiger partial charge in [0, 0.05) is 45.8 Å². The lowest BCUT2D eigenvalue weighted by Gasteiger charge is -2.36. The van der Waals surface area contributed by atoms with Crippen LogP contribution in [0.1, 0.15) is 19.8 Å². The molecule has 1 aromatic rings. The average molecular weight is 563 g/mol. The molecule has 1 atom stereocenters. The lowest BCUT2D eigenvalue weighted by Crippen LogP contribution is -2.54. The molecule has 1 unspecified atom stereocenters. The van der Waals surface area contributed by atoms with Crippen molar-refractivity contribution in [2.75, 3.05) is 65.5 Å². The summed E-state index contributed by atoms with van der Waals surface area (Å²) >= 11 is 0. The van der Waals surface area contributed by atoms with Crippen molar-refractivity contribution in [2.45, 2.75) is 25.9 Å². The van der Waals surface area contributed by atoms with Crippen molar-refractivity contribution in [2.24, 2.45) is 4.99 Å². The maximum absolute atomic E-state index is 12.9. The molecule has 2 aliphatic heterocycles. The molecule has 0 bridgehead atoms. The van der Waals surface area contributed by atoms with E-state index in [4.69, 9.17) is 4.74 Å². The van der Waals surface area contributed by atoms with Crippen molar-refractivity contribution in [3.63, 3.8) is 0 Å². The smallest absolute Gasteiger partial charge is 0.236 e. The van der Waals surface area contributed by atoms with Gasteiger partial charge in [0.05, 0.1) is 13.1 Å². The van der Waals surface area contributed by atoms with Gasteiger partial charge in [0.15, 0.2) is 5.96 Å². The second kappa shape index (κ2) is 13.8. The Morgan fingerprint density at radius 3 is 2.41 bits per heavy atom. The summed E-state index contributed by atoms with van der Waals surface area (Å²) < 4.78 is 18.4. The number of likely N-dealkylation sites (tertiary alicyclic amines) is 1. The zero-order valence-electron chi connectivity index (χ0n) is 18.7. The van der Waals surface area contributed by atoms with E-state index in [-0.39, 0.29) is 48.9 Å². The van der Waals surface area contributed by atoms with Crippen LogP contribution < -0.4 is 10.1 Å². The summed E-state index contributed by atoms with van der Waals surface area (Å²) in [6.07, 6.45) is 1.46. The average Bonchev–Trinajstić information content (AvgIpc) is 3.32. The van der Waals surface area contributed by atoms with Crippen molar-refractivity contribution in [3.8, 4) is 5.75 Å². The van der Waals surface area contributed by atoms with Crippen LogP contribution in [0, 0.1) is 5.82 Å². The van der Waals surface area contributed by atoms with Crippen LogP contribution in [-0.2, 0) is 4.79 Å². The fraction of sp³-hybridized carbons (Fsp3) is 0.636. The fourth-order valence-corrected chi connectivity index (χ4v) is 3.77. The second-order valence-corrected chi connectivity index (χ2v) is 7.96. The van der Waals surface area contributed by atoms with E-state index < -0.39 is 6.10 Å². The molecule has 8 nitrogen and oxygen atoms in total. The van der Waals surface area contributed by atoms with Gasteiger partial charge >= 0.3 is 0 Å². The molecule has 2 N–H and O–H groups in total. The first kappa shape index (κ1) is 26.6. The van der Waals surface area contributed by atoms with E-state index in [2.05, 4.69) is 20.1 Å². The molecule has 180 valence electrons. The van der Waals surface area contributed by atoms with Crippen molar-refractivity contribution in [3.05, 3.63) is 30.1 Å². The van der Waals surface area contributed by atoms with Gasteiger partial charge in [-0.2, -0.15) is 0 Å². The summed E-state index contributed by atoms with van der Waals surface area (Å²) in [5, 5.41) is 13.5. The molecule has 0 saturated carbocycles. The molecule has 2 fully saturated rings. The zero-order valence-corrected chi connectivity index (χ0v) is 21.0. The predicted octanol–water partition coefficient (Wildman–Crippen LogP) is 1.39. The van der Waals surface area contributed by atoms with Crippen LogP contribution in [0.25, 0.3) is 0 Å². The third-order valence-electron chi connectivity index (χ3n) is 5.53. The molecule has 1 amide bonds. The van der Waals surface area contributed by atoms with Gasteiger partial charge in [-0.05, 0) is 44.0 Å². The van der Waals surface area contributed by atoms with E-state index in [0.29, 0.717) is 12.3 Å². The maximum Gasteiger partial charge on any atom is 0.236 e. The number of carbonyl (C=O) groups excluding carboxylic acids is 1. The molecular formula is C22H35FIN5O3. The van der Waals surface area contributed by atoms with Crippen LogP contribution in [0.2, 0.25) is 0 Å². The number of amides is 1. The molecule has 2 saturated heterocycles. The van der Waals surface area contributed by atoms with Gasteiger partial charge in [-0.15, -0.1) is 24.0 Å². The number of aliphatic hydroxyl groups excluding tert-OH is 1. The van der Waals surface area contributed by atoms with E-state index in [9.17, 15) is 14.3 Å². The minimum Gasteiger partial charge on any atom is -0.491 e. The number of nitrogens with zero attached hydrogens (tertiary/aromatic N) is 4. The Kier molecular flexibility index (Phi) is 11.5. The third kappa shape index (κ3) is 8.36. The van der Waals surface area contributed by atoms with E-state index in [1.54, 1.807) is 0 Å². The van der Waals surface area contributed by atoms with E-state index in [1.165, 1.54) is 24.3 Å². The Hall–Kier alpha value is -1.66. The molecule has 32 heavy (non-hydrogen) atoms. The number of benzene rings is 1. The van der Waals surface area contributed by atoms with Crippen LogP contribution >= 0.6 is 24.0 Å². The van der Waals surface area contributed by atoms with Gasteiger partial charge in [-0.3, -0.25) is 14.7 Å². The highest BCUT2D eigenvalue weighted by molar-refractivity contribution is 14.0. The number of piperazine rings is 1. The Bertz CT molecular complexity index is 723. The first-order valence-corrected chi connectivity index (χ1v) is 11.1. The van der Waals surface area contributed by atoms with E-state index in [0.717, 1.165) is 64.6 Å². The van der Waals surface area contributed by atoms with Gasteiger partial charge in [0.1, 0.15) is 24.3 Å². The number of rotatable bonds is 8. The fourth-order valence-electron chi connectivity index (χ4n) is 3.77. The molecule has 0 radical (unpaired) electrons. The van der Waals surface area contributed by atoms with Crippen LogP contribution in [-0.4, -0.2) is 103 Å². The highest BCUT2D eigenvalue weighted by atomic mass is 127. The molecule has 3 rings (SSSR count). The van der Waals surface area contributed by atoms with Crippen molar-refractivity contribution in [1.82, 2.24) is 20.0 Å². The van der Waals surface area contributed by atoms with Crippen molar-refractivity contribution >= 4 is 35.8 Å². The van der Waals surface area contributed by atoms with E-state index >= 15 is 0 Å². The van der Waals surface area contributed by atoms with Crippen molar-refractivity contribution < 1.29 is 19.0 Å². The van der Waals surface area contributed by atoms with Gasteiger partial charge in [0.2, 0.25) is 5.91 Å². The highest BCUT2D eigenvalue weighted by Crippen LogP contribution is 2.12. The first-order valence-electron chi connectivity index (χ1n) is 11.1. The normalized spacial score (nSPS) is 18.3. The van der Waals surface area contributed by atoms with Crippen molar-refractivity contribution in [1.29, 1.82) is 0 Å². The summed E-state index contributed by atoms with van der Waals surface area (Å²) in [5.74, 6) is 1.17. The maximum atomic E-state index is 12.9. The lowest BCUT2D eigenvalue weighted by atomic mass is 10.3. The Balaban J connectivity index is 0.00000363. The summed E-state index contributed by atoms with van der Waals surface area (Å²) in [5.41, 5.74) is 0. The standard InChI is InChI=1S/C22H34FN5O3.HI/c1-2-24-22(25-15-19(29)17-31-20-7-5-18(23)6-8-20)28-13-11-26(12-14-28)16-21(30)27-9-3-4-10-27;/h5-8,19,29H,2-4,9-17H2,1H3,(H,24,25);1H. The number of ether oxygens (including phenoxy) is 1. The Labute approximate surface area is 206 Å². The molecule has 0 aromatic heterocycles. The summed E-state index contributed by atoms with van der Waals surface area (Å²) in [6.45, 7) is 8.47. The molecule has 10 heteroatoms. The molecular weight excluding hydrogens is 528 g/mol. The van der Waals surface area contributed by atoms with Crippen LogP contribution in [0.3, 0.4) is 0 Å². The zero-order chi connectivity index (χ0) is 22.1. The monoisotopic (exact) mass is 563 g/mol. The van der Waals surface area contributed by atoms with Crippen LogP contribution in [0.15, 0.2) is 29.3 Å².